The lowest BCUT2D eigenvalue weighted by molar-refractivity contribution is -0.192. The fourth-order valence-corrected chi connectivity index (χ4v) is 3.70. The van der Waals surface area contributed by atoms with E-state index in [-0.39, 0.29) is 11.8 Å². The average molecular weight is 461 g/mol. The van der Waals surface area contributed by atoms with E-state index in [0.717, 1.165) is 35.1 Å². The van der Waals surface area contributed by atoms with Gasteiger partial charge in [-0.3, -0.25) is 9.48 Å². The van der Waals surface area contributed by atoms with Gasteiger partial charge in [0.05, 0.1) is 24.4 Å². The maximum atomic E-state index is 12.2. The maximum absolute atomic E-state index is 12.2. The van der Waals surface area contributed by atoms with Crippen LogP contribution in [-0.2, 0) is 15.1 Å². The first-order valence-electron chi connectivity index (χ1n) is 9.94. The van der Waals surface area contributed by atoms with Crippen LogP contribution in [0.5, 0.6) is 0 Å². The largest absolute Gasteiger partial charge is 0.490 e. The SMILES string of the molecule is N#CCC1(n2cc(-c3ncnc4[nH]ccc34)cn2)CN(C(=O)C2CC2)C1.O=C(O)C(F)(F)F. The van der Waals surface area contributed by atoms with Crippen LogP contribution in [0.3, 0.4) is 0 Å². The zero-order valence-electron chi connectivity index (χ0n) is 17.1. The van der Waals surface area contributed by atoms with Crippen LogP contribution in [0.2, 0.25) is 0 Å². The van der Waals surface area contributed by atoms with Gasteiger partial charge in [0.15, 0.2) is 0 Å². The maximum Gasteiger partial charge on any atom is 0.490 e. The molecule has 1 amide bonds. The summed E-state index contributed by atoms with van der Waals surface area (Å²) < 4.78 is 33.6. The molecule has 10 nitrogen and oxygen atoms in total. The molecule has 0 bridgehead atoms. The number of carboxylic acids is 1. The molecule has 172 valence electrons. The molecule has 3 aromatic heterocycles. The van der Waals surface area contributed by atoms with Crippen LogP contribution in [0.4, 0.5) is 13.2 Å². The first kappa shape index (κ1) is 22.3. The summed E-state index contributed by atoms with van der Waals surface area (Å²) in [6, 6.07) is 4.20. The van der Waals surface area contributed by atoms with Crippen molar-refractivity contribution in [2.24, 2.45) is 5.92 Å². The zero-order chi connectivity index (χ0) is 23.8. The number of carbonyl (C=O) groups is 2. The molecule has 3 aromatic rings. The van der Waals surface area contributed by atoms with Gasteiger partial charge in [-0.1, -0.05) is 0 Å². The van der Waals surface area contributed by atoms with Crippen LogP contribution in [-0.4, -0.2) is 65.9 Å². The lowest BCUT2D eigenvalue weighted by Crippen LogP contribution is -2.64. The number of rotatable bonds is 4. The van der Waals surface area contributed by atoms with E-state index in [9.17, 15) is 23.2 Å². The summed E-state index contributed by atoms with van der Waals surface area (Å²) in [6.45, 7) is 1.08. The second-order valence-corrected chi connectivity index (χ2v) is 7.97. The van der Waals surface area contributed by atoms with Crippen LogP contribution >= 0.6 is 0 Å². The molecule has 2 fully saturated rings. The number of H-pyrrole nitrogens is 1. The van der Waals surface area contributed by atoms with Gasteiger partial charge in [-0.05, 0) is 18.9 Å². The highest BCUT2D eigenvalue weighted by Gasteiger charge is 2.50. The smallest absolute Gasteiger partial charge is 0.475 e. The van der Waals surface area contributed by atoms with Crippen molar-refractivity contribution in [2.75, 3.05) is 13.1 Å². The van der Waals surface area contributed by atoms with Gasteiger partial charge in [0.1, 0.15) is 17.5 Å². The van der Waals surface area contributed by atoms with Crippen molar-refractivity contribution < 1.29 is 27.9 Å². The minimum Gasteiger partial charge on any atom is -0.475 e. The predicted molar refractivity (Wildman–Crippen MR) is 106 cm³/mol. The van der Waals surface area contributed by atoms with Gasteiger partial charge in [-0.2, -0.15) is 23.5 Å². The van der Waals surface area contributed by atoms with Crippen molar-refractivity contribution in [1.82, 2.24) is 29.6 Å². The standard InChI is InChI=1S/C18H17N7O.C2HF3O2/c19-5-4-18(9-24(10-18)17(26)12-1-2-12)25-8-13(7-23-25)15-14-3-6-20-16(14)22-11-21-15;3-2(4,5)1(6)7/h3,6-8,11-12H,1-2,4,9-10H2,(H,20,21,22);(H,6,7). The Hall–Kier alpha value is -3.95. The molecule has 2 N–H and O–H groups in total. The van der Waals surface area contributed by atoms with E-state index in [1.165, 1.54) is 6.33 Å². The summed E-state index contributed by atoms with van der Waals surface area (Å²) in [4.78, 5) is 34.7. The van der Waals surface area contributed by atoms with Gasteiger partial charge < -0.3 is 15.0 Å². The molecular formula is C20H18F3N7O3. The van der Waals surface area contributed by atoms with Crippen molar-refractivity contribution in [3.05, 3.63) is 31.0 Å². The number of fused-ring (bicyclic) bond motifs is 1. The van der Waals surface area contributed by atoms with E-state index in [1.54, 1.807) is 6.20 Å². The van der Waals surface area contributed by atoms with Crippen LogP contribution < -0.4 is 0 Å². The van der Waals surface area contributed by atoms with E-state index in [0.29, 0.717) is 19.5 Å². The number of nitrogens with one attached hydrogen (secondary N) is 1. The lowest BCUT2D eigenvalue weighted by atomic mass is 9.86. The van der Waals surface area contributed by atoms with Crippen molar-refractivity contribution >= 4 is 22.9 Å². The molecule has 0 atom stereocenters. The van der Waals surface area contributed by atoms with Crippen LogP contribution in [0.1, 0.15) is 19.3 Å². The quantitative estimate of drug-likeness (QED) is 0.607. The minimum absolute atomic E-state index is 0.200. The van der Waals surface area contributed by atoms with Gasteiger partial charge >= 0.3 is 12.1 Å². The number of carbonyl (C=O) groups excluding carboxylic acids is 1. The number of nitrogens with zero attached hydrogens (tertiary/aromatic N) is 6. The third-order valence-electron chi connectivity index (χ3n) is 5.56. The van der Waals surface area contributed by atoms with E-state index in [2.05, 4.69) is 26.1 Å². The van der Waals surface area contributed by atoms with Gasteiger partial charge in [0.2, 0.25) is 5.91 Å². The number of halogens is 3. The molecule has 13 heteroatoms. The fourth-order valence-electron chi connectivity index (χ4n) is 3.70. The van der Waals surface area contributed by atoms with E-state index in [4.69, 9.17) is 9.90 Å². The van der Waals surface area contributed by atoms with Gasteiger partial charge in [-0.15, -0.1) is 0 Å². The molecule has 1 aliphatic heterocycles. The summed E-state index contributed by atoms with van der Waals surface area (Å²) in [5.41, 5.74) is 2.02. The Balaban J connectivity index is 0.000000325. The number of hydrogen-bond donors (Lipinski definition) is 2. The predicted octanol–water partition coefficient (Wildman–Crippen LogP) is 2.32. The second kappa shape index (κ2) is 8.19. The molecule has 5 rings (SSSR count). The molecule has 33 heavy (non-hydrogen) atoms. The van der Waals surface area contributed by atoms with Crippen molar-refractivity contribution in [2.45, 2.75) is 31.0 Å². The Morgan fingerprint density at radius 1 is 1.30 bits per heavy atom. The van der Waals surface area contributed by atoms with E-state index >= 15 is 0 Å². The number of likely N-dealkylation sites (tertiary alicyclic amines) is 1. The monoisotopic (exact) mass is 461 g/mol. The van der Waals surface area contributed by atoms with Gasteiger partial charge in [0, 0.05) is 42.4 Å². The summed E-state index contributed by atoms with van der Waals surface area (Å²) in [5, 5.41) is 21.9. The molecule has 0 radical (unpaired) electrons. The highest BCUT2D eigenvalue weighted by molar-refractivity contribution is 5.90. The van der Waals surface area contributed by atoms with Gasteiger partial charge in [0.25, 0.3) is 0 Å². The third kappa shape index (κ3) is 4.36. The van der Waals surface area contributed by atoms with E-state index in [1.807, 2.05) is 28.0 Å². The zero-order valence-corrected chi connectivity index (χ0v) is 17.1. The molecular weight excluding hydrogens is 443 g/mol. The molecule has 0 aromatic carbocycles. The summed E-state index contributed by atoms with van der Waals surface area (Å²) in [7, 11) is 0. The Labute approximate surface area is 184 Å². The Morgan fingerprint density at radius 2 is 2.00 bits per heavy atom. The first-order chi connectivity index (χ1) is 15.6. The van der Waals surface area contributed by atoms with Crippen molar-refractivity contribution in [3.63, 3.8) is 0 Å². The summed E-state index contributed by atoms with van der Waals surface area (Å²) >= 11 is 0. The topological polar surface area (TPSA) is 141 Å². The molecule has 1 saturated heterocycles. The van der Waals surface area contributed by atoms with Crippen molar-refractivity contribution in [3.8, 4) is 17.3 Å². The van der Waals surface area contributed by atoms with E-state index < -0.39 is 17.7 Å². The van der Waals surface area contributed by atoms with Crippen LogP contribution in [0, 0.1) is 17.2 Å². The highest BCUT2D eigenvalue weighted by Crippen LogP contribution is 2.39. The molecule has 2 aliphatic rings. The first-order valence-corrected chi connectivity index (χ1v) is 9.94. The van der Waals surface area contributed by atoms with Crippen molar-refractivity contribution in [1.29, 1.82) is 5.26 Å². The number of aromatic amines is 1. The number of aromatic nitrogens is 5. The number of nitriles is 1. The van der Waals surface area contributed by atoms with Gasteiger partial charge in [-0.25, -0.2) is 14.8 Å². The Bertz CT molecular complexity index is 1230. The Morgan fingerprint density at radius 3 is 2.61 bits per heavy atom. The molecule has 4 heterocycles. The number of hydrogen-bond acceptors (Lipinski definition) is 6. The third-order valence-corrected chi connectivity index (χ3v) is 5.56. The number of alkyl halides is 3. The molecule has 1 saturated carbocycles. The summed E-state index contributed by atoms with van der Waals surface area (Å²) in [6.07, 6.45) is 4.27. The van der Waals surface area contributed by atoms with Crippen LogP contribution in [0.25, 0.3) is 22.3 Å². The normalized spacial score (nSPS) is 17.0. The Kier molecular flexibility index (Phi) is 5.52. The number of aliphatic carboxylic acids is 1. The minimum atomic E-state index is -5.08. The average Bonchev–Trinajstić information content (AvgIpc) is 3.27. The molecule has 0 unspecified atom stereocenters. The summed E-state index contributed by atoms with van der Waals surface area (Å²) in [5.74, 6) is -2.34. The second-order valence-electron chi connectivity index (χ2n) is 7.97. The lowest BCUT2D eigenvalue weighted by Gasteiger charge is -2.49. The van der Waals surface area contributed by atoms with Crippen LogP contribution in [0.15, 0.2) is 31.0 Å². The molecule has 0 spiro atoms. The highest BCUT2D eigenvalue weighted by atomic mass is 19.4. The fraction of sp³-hybridized carbons (Fsp3) is 0.400. The molecule has 1 aliphatic carbocycles. The number of amides is 1. The number of carboxylic acid groups (broad SMARTS) is 1.